The summed E-state index contributed by atoms with van der Waals surface area (Å²) in [6, 6.07) is 14.9. The summed E-state index contributed by atoms with van der Waals surface area (Å²) in [4.78, 5) is 13.4. The number of thioether (sulfide) groups is 1. The average Bonchev–Trinajstić information content (AvgIpc) is 3.73. The Hall–Kier alpha value is -4.32. The Balaban J connectivity index is 1.37. The summed E-state index contributed by atoms with van der Waals surface area (Å²) in [5.74, 6) is 1.35. The number of fused-ring (bicyclic) bond motifs is 8. The van der Waals surface area contributed by atoms with Gasteiger partial charge < -0.3 is 19.8 Å². The number of nitrogens with zero attached hydrogens (tertiary/aromatic N) is 5. The molecule has 3 aromatic heterocycles. The molecule has 2 N–H and O–H groups in total. The van der Waals surface area contributed by atoms with Gasteiger partial charge in [0.2, 0.25) is 0 Å². The largest absolute Gasteiger partial charge is 0.493 e. The normalized spacial score (nSPS) is 14.0. The number of methoxy groups -OCH3 is 1. The highest BCUT2D eigenvalue weighted by Gasteiger charge is 2.28. The van der Waals surface area contributed by atoms with Gasteiger partial charge in [-0.2, -0.15) is 10.2 Å². The molecular weight excluding hydrogens is 687 g/mol. The number of carbonyl (C=O) groups is 1. The first-order valence-corrected chi connectivity index (χ1v) is 18.8. The maximum absolute atomic E-state index is 14.4. The summed E-state index contributed by atoms with van der Waals surface area (Å²) in [5, 5.41) is 13.1. The number of benzene rings is 3. The lowest BCUT2D eigenvalue weighted by Crippen LogP contribution is -2.13. The number of aromatic nitrogens is 5. The number of nitrogens with two attached hydrogens (primary N) is 1. The minimum absolute atomic E-state index is 0.286. The Bertz CT molecular complexity index is 2270. The number of ether oxygens (including phenoxy) is 2. The number of esters is 1. The fourth-order valence-corrected chi connectivity index (χ4v) is 8.48. The molecule has 0 aliphatic carbocycles. The highest BCUT2D eigenvalue weighted by Crippen LogP contribution is 2.43. The molecule has 51 heavy (non-hydrogen) atoms. The molecule has 12 heteroatoms. The third-order valence-electron chi connectivity index (χ3n) is 9.81. The first kappa shape index (κ1) is 35.1. The van der Waals surface area contributed by atoms with Crippen molar-refractivity contribution in [3.8, 4) is 16.9 Å². The Kier molecular flexibility index (Phi) is 10.1. The molecule has 0 saturated heterocycles. The van der Waals surface area contributed by atoms with E-state index in [0.717, 1.165) is 86.0 Å². The molecule has 0 unspecified atom stereocenters. The number of aryl methyl sites for hydroxylation is 6. The first-order valence-electron chi connectivity index (χ1n) is 17.3. The van der Waals surface area contributed by atoms with E-state index in [2.05, 4.69) is 19.1 Å². The van der Waals surface area contributed by atoms with Crippen molar-refractivity contribution in [3.05, 3.63) is 99.0 Å². The van der Waals surface area contributed by atoms with Crippen LogP contribution >= 0.6 is 23.4 Å². The van der Waals surface area contributed by atoms with Gasteiger partial charge in [0.05, 0.1) is 25.1 Å². The zero-order chi connectivity index (χ0) is 35.8. The monoisotopic (exact) mass is 728 g/mol. The van der Waals surface area contributed by atoms with Crippen LogP contribution in [-0.2, 0) is 49.2 Å². The van der Waals surface area contributed by atoms with E-state index in [4.69, 9.17) is 37.0 Å². The fraction of sp³-hybridized carbons (Fsp3) is 0.359. The maximum atomic E-state index is 14.4. The van der Waals surface area contributed by atoms with Gasteiger partial charge in [-0.3, -0.25) is 9.36 Å². The lowest BCUT2D eigenvalue weighted by molar-refractivity contribution is 0.0587. The number of rotatable bonds is 4. The van der Waals surface area contributed by atoms with Crippen LogP contribution in [0.1, 0.15) is 57.2 Å². The van der Waals surface area contributed by atoms with Crippen LogP contribution in [0.2, 0.25) is 5.02 Å². The number of hydrogen-bond acceptors (Lipinski definition) is 7. The van der Waals surface area contributed by atoms with E-state index in [1.807, 2.05) is 46.1 Å². The molecule has 8 bridgehead atoms. The van der Waals surface area contributed by atoms with Gasteiger partial charge in [-0.05, 0) is 105 Å². The molecule has 9 nitrogen and oxygen atoms in total. The van der Waals surface area contributed by atoms with E-state index in [-0.39, 0.29) is 5.82 Å². The Morgan fingerprint density at radius 1 is 1.08 bits per heavy atom. The quantitative estimate of drug-likeness (QED) is 0.184. The maximum Gasteiger partial charge on any atom is 0.354 e. The van der Waals surface area contributed by atoms with E-state index in [1.165, 1.54) is 13.2 Å². The van der Waals surface area contributed by atoms with Crippen molar-refractivity contribution in [2.45, 2.75) is 64.1 Å². The van der Waals surface area contributed by atoms with Gasteiger partial charge in [0.15, 0.2) is 0 Å². The molecule has 1 aliphatic rings. The number of carbonyl (C=O) groups excluding carboxylic acids is 1. The molecule has 6 aromatic rings. The van der Waals surface area contributed by atoms with Crippen LogP contribution in [0.3, 0.4) is 0 Å². The molecule has 0 radical (unpaired) electrons. The van der Waals surface area contributed by atoms with Gasteiger partial charge in [-0.1, -0.05) is 17.7 Å². The lowest BCUT2D eigenvalue weighted by atomic mass is 9.97. The van der Waals surface area contributed by atoms with Gasteiger partial charge in [0, 0.05) is 75.5 Å². The molecular formula is C39H42ClFN6O3S. The molecule has 3 aromatic carbocycles. The van der Waals surface area contributed by atoms with Crippen molar-refractivity contribution in [1.29, 1.82) is 0 Å². The van der Waals surface area contributed by atoms with E-state index in [0.29, 0.717) is 60.6 Å². The standard InChI is InChI=1S/C39H42ClFN6O3S/c1-23-35-33-12-11-31(40)37(35)36-24(2)47(15-5-13-42)44-32(36)22-51-21-28-20-29(45(3)43-28)9-7-25-17-26-19-27(41)8-10-30(26)34(18-25)50-16-6-14-46(33)38(23)39(48)49-4/h8,10-12,17-20H,5-7,9,13-16,21-22,42H2,1-4H3. The average molecular weight is 729 g/mol. The van der Waals surface area contributed by atoms with Crippen molar-refractivity contribution in [2.75, 3.05) is 20.3 Å². The summed E-state index contributed by atoms with van der Waals surface area (Å²) in [6.07, 6.45) is 2.92. The van der Waals surface area contributed by atoms with Crippen molar-refractivity contribution in [2.24, 2.45) is 12.8 Å². The second-order valence-electron chi connectivity index (χ2n) is 13.1. The minimum atomic E-state index is -0.414. The van der Waals surface area contributed by atoms with E-state index >= 15 is 0 Å². The highest BCUT2D eigenvalue weighted by atomic mass is 35.5. The summed E-state index contributed by atoms with van der Waals surface area (Å²) in [5.41, 5.74) is 15.0. The van der Waals surface area contributed by atoms with Crippen molar-refractivity contribution >= 4 is 51.0 Å². The van der Waals surface area contributed by atoms with E-state index in [9.17, 15) is 9.18 Å². The molecule has 0 spiro atoms. The number of hydrogen-bond donors (Lipinski definition) is 1. The van der Waals surface area contributed by atoms with Crippen LogP contribution in [-0.4, -0.2) is 50.4 Å². The van der Waals surface area contributed by atoms with Crippen LogP contribution in [0.25, 0.3) is 32.8 Å². The molecule has 1 aliphatic heterocycles. The highest BCUT2D eigenvalue weighted by molar-refractivity contribution is 7.97. The van der Waals surface area contributed by atoms with Gasteiger partial charge in [-0.25, -0.2) is 9.18 Å². The fourth-order valence-electron chi connectivity index (χ4n) is 7.38. The van der Waals surface area contributed by atoms with E-state index in [1.54, 1.807) is 23.9 Å². The van der Waals surface area contributed by atoms with Gasteiger partial charge in [0.1, 0.15) is 17.3 Å². The third-order valence-corrected chi connectivity index (χ3v) is 11.1. The zero-order valence-corrected chi connectivity index (χ0v) is 31.0. The Labute approximate surface area is 305 Å². The second kappa shape index (κ2) is 14.7. The molecule has 7 rings (SSSR count). The third kappa shape index (κ3) is 6.74. The summed E-state index contributed by atoms with van der Waals surface area (Å²) >= 11 is 8.87. The topological polar surface area (TPSA) is 102 Å². The lowest BCUT2D eigenvalue weighted by Gasteiger charge is -2.14. The zero-order valence-electron chi connectivity index (χ0n) is 29.4. The molecule has 0 saturated carbocycles. The van der Waals surface area contributed by atoms with Crippen LogP contribution in [0, 0.1) is 19.7 Å². The molecule has 0 fully saturated rings. The second-order valence-corrected chi connectivity index (χ2v) is 14.5. The van der Waals surface area contributed by atoms with Crippen molar-refractivity contribution in [3.63, 3.8) is 0 Å². The minimum Gasteiger partial charge on any atom is -0.493 e. The molecule has 0 atom stereocenters. The number of halogens is 2. The SMILES string of the molecule is COC(=O)c1c(C)c2c3c(Cl)ccc2n1CCCOc1cc(cc2cc(F)ccc12)CCc1cc(nn1C)CSCc1nn(CCCN)c(C)c1-3. The first-order chi connectivity index (χ1) is 24.7. The van der Waals surface area contributed by atoms with Crippen LogP contribution in [0.5, 0.6) is 5.75 Å². The van der Waals surface area contributed by atoms with Crippen molar-refractivity contribution < 1.29 is 18.7 Å². The van der Waals surface area contributed by atoms with Gasteiger partial charge >= 0.3 is 5.97 Å². The van der Waals surface area contributed by atoms with Gasteiger partial charge in [0.25, 0.3) is 0 Å². The van der Waals surface area contributed by atoms with Gasteiger partial charge in [-0.15, -0.1) is 11.8 Å². The van der Waals surface area contributed by atoms with Crippen molar-refractivity contribution in [1.82, 2.24) is 24.1 Å². The van der Waals surface area contributed by atoms with E-state index < -0.39 is 5.97 Å². The molecule has 0 amide bonds. The van der Waals surface area contributed by atoms with Crippen LogP contribution < -0.4 is 10.5 Å². The summed E-state index contributed by atoms with van der Waals surface area (Å²) < 4.78 is 32.1. The predicted octanol–water partition coefficient (Wildman–Crippen LogP) is 7.94. The summed E-state index contributed by atoms with van der Waals surface area (Å²) in [7, 11) is 3.38. The van der Waals surface area contributed by atoms with Crippen LogP contribution in [0.15, 0.2) is 48.5 Å². The smallest absolute Gasteiger partial charge is 0.354 e. The Morgan fingerprint density at radius 2 is 1.92 bits per heavy atom. The Morgan fingerprint density at radius 3 is 2.73 bits per heavy atom. The summed E-state index contributed by atoms with van der Waals surface area (Å²) in [6.45, 7) is 6.17. The predicted molar refractivity (Wildman–Crippen MR) is 202 cm³/mol. The molecule has 266 valence electrons. The molecule has 4 heterocycles. The van der Waals surface area contributed by atoms with Crippen LogP contribution in [0.4, 0.5) is 4.39 Å².